The molecule has 4 aliphatic heterocycles. The zero-order valence-electron chi connectivity index (χ0n) is 24.4. The lowest BCUT2D eigenvalue weighted by Crippen LogP contribution is -2.41. The van der Waals surface area contributed by atoms with Crippen LogP contribution in [0.3, 0.4) is 0 Å². The third-order valence-corrected chi connectivity index (χ3v) is 9.90. The van der Waals surface area contributed by atoms with E-state index in [0.29, 0.717) is 52.1 Å². The largest absolute Gasteiger partial charge is 0.493 e. The van der Waals surface area contributed by atoms with Crippen molar-refractivity contribution in [1.82, 2.24) is 0 Å². The molecule has 9 nitrogen and oxygen atoms in total. The predicted octanol–water partition coefficient (Wildman–Crippen LogP) is 5.36. The Bertz CT molecular complexity index is 1350. The zero-order valence-corrected chi connectivity index (χ0v) is 24.4. The monoisotopic (exact) mass is 566 g/mol. The Morgan fingerprint density at radius 3 is 2.32 bits per heavy atom. The lowest BCUT2D eigenvalue weighted by Gasteiger charge is -2.39. The second-order valence-corrected chi connectivity index (χ2v) is 12.3. The number of rotatable bonds is 7. The molecule has 5 aliphatic rings. The highest BCUT2D eigenvalue weighted by Gasteiger charge is 2.72. The molecule has 0 radical (unpaired) electrons. The molecular formula is C32H38O9. The summed E-state index contributed by atoms with van der Waals surface area (Å²) in [5.74, 6) is 2.86. The minimum Gasteiger partial charge on any atom is -0.493 e. The molecule has 4 heterocycles. The van der Waals surface area contributed by atoms with Gasteiger partial charge in [-0.2, -0.15) is 0 Å². The Morgan fingerprint density at radius 1 is 0.951 bits per heavy atom. The van der Waals surface area contributed by atoms with Gasteiger partial charge in [0, 0.05) is 0 Å². The molecular weight excluding hydrogens is 528 g/mol. The number of methoxy groups -OCH3 is 3. The number of cyclic esters (lactones) is 1. The number of ether oxygens (including phenoxy) is 8. The third-order valence-electron chi connectivity index (χ3n) is 9.90. The second-order valence-electron chi connectivity index (χ2n) is 12.3. The second kappa shape index (κ2) is 9.70. The van der Waals surface area contributed by atoms with E-state index in [9.17, 15) is 4.79 Å². The summed E-state index contributed by atoms with van der Waals surface area (Å²) in [5.41, 5.74) is 1.36. The lowest BCUT2D eigenvalue weighted by atomic mass is 9.66. The molecule has 1 aliphatic carbocycles. The smallest absolute Gasteiger partial charge is 0.315 e. The van der Waals surface area contributed by atoms with Crippen molar-refractivity contribution in [2.45, 2.75) is 64.1 Å². The Hall–Kier alpha value is -3.17. The molecule has 0 N–H and O–H groups in total. The van der Waals surface area contributed by atoms with Crippen LogP contribution in [0.1, 0.15) is 62.8 Å². The fraction of sp³-hybridized carbons (Fsp3) is 0.594. The van der Waals surface area contributed by atoms with Gasteiger partial charge in [-0.1, -0.05) is 27.2 Å². The molecule has 0 amide bonds. The van der Waals surface area contributed by atoms with E-state index in [1.54, 1.807) is 21.3 Å². The predicted molar refractivity (Wildman–Crippen MR) is 146 cm³/mol. The van der Waals surface area contributed by atoms with Gasteiger partial charge in [-0.25, -0.2) is 0 Å². The summed E-state index contributed by atoms with van der Waals surface area (Å²) in [5, 5.41) is 0. The molecule has 3 fully saturated rings. The standard InChI is InChI=1S/C32H38O9/c1-15(2)18-8-7-16(3)9-21(18)39-31-26-27(30(33)40-31)32(17-10-24(34-4)29(36-6)25(11-17)35-5)20-13-23-22(37-14-38-23)12-19(20)28(26)41-32/h10-13,15-16,18,21,26-28,31H,7-9,14H2,1-6H3/t16-,18-,21-,26-,27-,28+,31-,32-/m1/s1. The van der Waals surface area contributed by atoms with Crippen molar-refractivity contribution >= 4 is 5.97 Å². The van der Waals surface area contributed by atoms with Crippen LogP contribution in [0.2, 0.25) is 0 Å². The van der Waals surface area contributed by atoms with Crippen LogP contribution in [0.25, 0.3) is 0 Å². The quantitative estimate of drug-likeness (QED) is 0.411. The van der Waals surface area contributed by atoms with Gasteiger partial charge >= 0.3 is 5.97 Å². The Labute approximate surface area is 240 Å². The van der Waals surface area contributed by atoms with Gasteiger partial charge in [0.2, 0.25) is 18.8 Å². The molecule has 0 spiro atoms. The van der Waals surface area contributed by atoms with Crippen molar-refractivity contribution < 1.29 is 42.7 Å². The molecule has 2 saturated heterocycles. The molecule has 0 aromatic heterocycles. The van der Waals surface area contributed by atoms with Gasteiger partial charge in [-0.05, 0) is 71.6 Å². The highest BCUT2D eigenvalue weighted by molar-refractivity contribution is 5.81. The fourth-order valence-electron chi connectivity index (χ4n) is 7.96. The van der Waals surface area contributed by atoms with Crippen LogP contribution in [0.15, 0.2) is 24.3 Å². The van der Waals surface area contributed by atoms with E-state index in [-0.39, 0.29) is 24.8 Å². The number of hydrogen-bond donors (Lipinski definition) is 0. The first-order valence-electron chi connectivity index (χ1n) is 14.6. The maximum absolute atomic E-state index is 13.9. The molecule has 0 unspecified atom stereocenters. The van der Waals surface area contributed by atoms with Crippen molar-refractivity contribution in [1.29, 1.82) is 0 Å². The number of benzene rings is 2. The first kappa shape index (κ1) is 26.7. The molecule has 7 rings (SSSR count). The summed E-state index contributed by atoms with van der Waals surface area (Å²) in [4.78, 5) is 13.9. The minimum absolute atomic E-state index is 0.0165. The number of hydrogen-bond acceptors (Lipinski definition) is 9. The SMILES string of the molecule is COc1cc([C@@]23O[C@@H](c4cc5c(cc42)OCO5)[C@@H]2[C@H](O[C@@H]4C[C@H](C)CC[C@@H]4C(C)C)OC(=O)[C@@H]23)cc(OC)c1OC. The van der Waals surface area contributed by atoms with Crippen LogP contribution in [-0.2, 0) is 24.6 Å². The van der Waals surface area contributed by atoms with Gasteiger partial charge in [0.25, 0.3) is 0 Å². The van der Waals surface area contributed by atoms with E-state index in [1.807, 2.05) is 24.3 Å². The number of carbonyl (C=O) groups excluding carboxylic acids is 1. The summed E-state index contributed by atoms with van der Waals surface area (Å²) >= 11 is 0. The molecule has 2 aromatic carbocycles. The topological polar surface area (TPSA) is 90.9 Å². The summed E-state index contributed by atoms with van der Waals surface area (Å²) in [6.07, 6.45) is 2.13. The van der Waals surface area contributed by atoms with Crippen LogP contribution in [0.5, 0.6) is 28.7 Å². The first-order valence-corrected chi connectivity index (χ1v) is 14.6. The van der Waals surface area contributed by atoms with E-state index in [1.165, 1.54) is 6.42 Å². The van der Waals surface area contributed by atoms with E-state index >= 15 is 0 Å². The third kappa shape index (κ3) is 3.77. The minimum atomic E-state index is -1.16. The average Bonchev–Trinajstić information content (AvgIpc) is 3.72. The first-order chi connectivity index (χ1) is 19.8. The Balaban J connectivity index is 1.36. The normalized spacial score (nSPS) is 34.4. The summed E-state index contributed by atoms with van der Waals surface area (Å²) < 4.78 is 48.4. The van der Waals surface area contributed by atoms with E-state index in [0.717, 1.165) is 24.0 Å². The highest BCUT2D eigenvalue weighted by atomic mass is 16.7. The van der Waals surface area contributed by atoms with Gasteiger partial charge < -0.3 is 37.9 Å². The molecule has 9 heteroatoms. The maximum atomic E-state index is 13.9. The van der Waals surface area contributed by atoms with Gasteiger partial charge in [0.05, 0.1) is 39.5 Å². The number of fused-ring (bicyclic) bond motifs is 9. The van der Waals surface area contributed by atoms with Crippen molar-refractivity contribution in [3.05, 3.63) is 41.0 Å². The molecule has 1 saturated carbocycles. The maximum Gasteiger partial charge on any atom is 0.315 e. The Kier molecular flexibility index (Phi) is 6.32. The number of carbonyl (C=O) groups is 1. The highest BCUT2D eigenvalue weighted by Crippen LogP contribution is 2.69. The average molecular weight is 567 g/mol. The zero-order chi connectivity index (χ0) is 28.6. The number of esters is 1. The van der Waals surface area contributed by atoms with Crippen LogP contribution in [0.4, 0.5) is 0 Å². The van der Waals surface area contributed by atoms with E-state index in [4.69, 9.17) is 37.9 Å². The van der Waals surface area contributed by atoms with E-state index < -0.39 is 23.9 Å². The molecule has 41 heavy (non-hydrogen) atoms. The Morgan fingerprint density at radius 2 is 1.66 bits per heavy atom. The summed E-state index contributed by atoms with van der Waals surface area (Å²) in [6, 6.07) is 7.65. The van der Waals surface area contributed by atoms with Gasteiger partial charge in [0.15, 0.2) is 23.0 Å². The van der Waals surface area contributed by atoms with Crippen molar-refractivity contribution in [2.24, 2.45) is 29.6 Å². The molecule has 2 bridgehead atoms. The van der Waals surface area contributed by atoms with Crippen LogP contribution < -0.4 is 23.7 Å². The van der Waals surface area contributed by atoms with Crippen LogP contribution in [0, 0.1) is 29.6 Å². The van der Waals surface area contributed by atoms with Crippen molar-refractivity contribution in [3.63, 3.8) is 0 Å². The lowest BCUT2D eigenvalue weighted by molar-refractivity contribution is -0.205. The van der Waals surface area contributed by atoms with Crippen LogP contribution in [-0.4, -0.2) is 46.5 Å². The van der Waals surface area contributed by atoms with Crippen molar-refractivity contribution in [2.75, 3.05) is 28.1 Å². The van der Waals surface area contributed by atoms with Gasteiger partial charge in [0.1, 0.15) is 11.5 Å². The molecule has 2 aromatic rings. The molecule has 8 atom stereocenters. The van der Waals surface area contributed by atoms with Crippen LogP contribution >= 0.6 is 0 Å². The van der Waals surface area contributed by atoms with E-state index in [2.05, 4.69) is 20.8 Å². The van der Waals surface area contributed by atoms with Gasteiger partial charge in [-0.15, -0.1) is 0 Å². The summed E-state index contributed by atoms with van der Waals surface area (Å²) in [6.45, 7) is 6.92. The fourth-order valence-corrected chi connectivity index (χ4v) is 7.96. The summed E-state index contributed by atoms with van der Waals surface area (Å²) in [7, 11) is 4.71. The van der Waals surface area contributed by atoms with Gasteiger partial charge in [-0.3, -0.25) is 4.79 Å². The van der Waals surface area contributed by atoms with Crippen molar-refractivity contribution in [3.8, 4) is 28.7 Å². The molecule has 220 valence electrons.